The van der Waals surface area contributed by atoms with E-state index in [-0.39, 0.29) is 11.3 Å². The number of carbonyl (C=O) groups excluding carboxylic acids is 1. The number of methoxy groups -OCH3 is 1. The zero-order chi connectivity index (χ0) is 14.8. The van der Waals surface area contributed by atoms with E-state index in [1.54, 1.807) is 18.2 Å². The van der Waals surface area contributed by atoms with E-state index in [0.717, 1.165) is 5.39 Å². The fourth-order valence-corrected chi connectivity index (χ4v) is 1.92. The van der Waals surface area contributed by atoms with Gasteiger partial charge in [0.15, 0.2) is 0 Å². The van der Waals surface area contributed by atoms with Crippen molar-refractivity contribution in [3.05, 3.63) is 42.0 Å². The zero-order valence-electron chi connectivity index (χ0n) is 10.6. The van der Waals surface area contributed by atoms with Gasteiger partial charge in [0.05, 0.1) is 12.7 Å². The number of carbonyl (C=O) groups is 1. The van der Waals surface area contributed by atoms with Crippen molar-refractivity contribution in [3.63, 3.8) is 0 Å². The highest BCUT2D eigenvalue weighted by atomic mass is 19.4. The number of hydrogen-bond donors (Lipinski definition) is 1. The lowest BCUT2D eigenvalue weighted by Gasteiger charge is -2.13. The fourth-order valence-electron chi connectivity index (χ4n) is 1.92. The number of hydrogen-bond acceptors (Lipinski definition) is 2. The van der Waals surface area contributed by atoms with Gasteiger partial charge < -0.3 is 10.1 Å². The van der Waals surface area contributed by atoms with Gasteiger partial charge in [0.1, 0.15) is 12.3 Å². The Kier molecular flexibility index (Phi) is 3.83. The minimum absolute atomic E-state index is 0.0791. The molecule has 0 spiro atoms. The molecule has 0 aliphatic carbocycles. The number of rotatable bonds is 3. The molecule has 3 nitrogen and oxygen atoms in total. The van der Waals surface area contributed by atoms with Crippen molar-refractivity contribution >= 4 is 16.7 Å². The zero-order valence-corrected chi connectivity index (χ0v) is 10.6. The van der Waals surface area contributed by atoms with Gasteiger partial charge >= 0.3 is 6.18 Å². The Bertz CT molecular complexity index is 638. The van der Waals surface area contributed by atoms with Crippen LogP contribution >= 0.6 is 0 Å². The second kappa shape index (κ2) is 5.40. The van der Waals surface area contributed by atoms with Crippen molar-refractivity contribution in [1.29, 1.82) is 0 Å². The van der Waals surface area contributed by atoms with Crippen LogP contribution in [0, 0.1) is 0 Å². The van der Waals surface area contributed by atoms with Gasteiger partial charge in [-0.25, -0.2) is 0 Å². The molecule has 1 amide bonds. The number of amides is 1. The summed E-state index contributed by atoms with van der Waals surface area (Å²) in [5, 5.41) is 3.35. The van der Waals surface area contributed by atoms with Crippen LogP contribution in [0.4, 0.5) is 13.2 Å². The third kappa shape index (κ3) is 3.01. The van der Waals surface area contributed by atoms with E-state index in [1.807, 2.05) is 17.4 Å². The summed E-state index contributed by atoms with van der Waals surface area (Å²) < 4.78 is 41.5. The molecular formula is C14H12F3NO2. The molecule has 0 saturated carbocycles. The Balaban J connectivity index is 2.36. The molecule has 2 aromatic rings. The van der Waals surface area contributed by atoms with Crippen molar-refractivity contribution in [3.8, 4) is 5.75 Å². The van der Waals surface area contributed by atoms with Crippen LogP contribution in [0.25, 0.3) is 10.8 Å². The maximum absolute atomic E-state index is 12.1. The van der Waals surface area contributed by atoms with Gasteiger partial charge in [-0.2, -0.15) is 13.2 Å². The smallest absolute Gasteiger partial charge is 0.405 e. The summed E-state index contributed by atoms with van der Waals surface area (Å²) in [5.74, 6) is -0.548. The monoisotopic (exact) mass is 283 g/mol. The maximum Gasteiger partial charge on any atom is 0.405 e. The molecule has 0 atom stereocenters. The molecule has 0 fully saturated rings. The molecule has 20 heavy (non-hydrogen) atoms. The van der Waals surface area contributed by atoms with Crippen molar-refractivity contribution in [2.75, 3.05) is 13.7 Å². The van der Waals surface area contributed by atoms with E-state index in [0.29, 0.717) is 5.39 Å². The maximum atomic E-state index is 12.1. The van der Waals surface area contributed by atoms with Crippen molar-refractivity contribution in [1.82, 2.24) is 5.32 Å². The molecule has 6 heteroatoms. The van der Waals surface area contributed by atoms with Crippen LogP contribution in [0.3, 0.4) is 0 Å². The molecule has 1 N–H and O–H groups in total. The molecule has 0 unspecified atom stereocenters. The van der Waals surface area contributed by atoms with E-state index < -0.39 is 18.6 Å². The Morgan fingerprint density at radius 3 is 2.55 bits per heavy atom. The minimum Gasteiger partial charge on any atom is -0.495 e. The molecule has 2 rings (SSSR count). The average Bonchev–Trinajstić information content (AvgIpc) is 2.42. The first-order valence-corrected chi connectivity index (χ1v) is 5.83. The number of halogens is 3. The van der Waals surface area contributed by atoms with Crippen LogP contribution < -0.4 is 10.1 Å². The standard InChI is InChI=1S/C14H12F3NO2/c1-20-12-10-5-3-2-4-9(10)6-7-11(12)13(19)18-8-14(15,16)17/h2-7H,8H2,1H3,(H,18,19). The van der Waals surface area contributed by atoms with Crippen molar-refractivity contribution in [2.45, 2.75) is 6.18 Å². The summed E-state index contributed by atoms with van der Waals surface area (Å²) in [6.45, 7) is -1.37. The molecule has 0 aliphatic heterocycles. The van der Waals surface area contributed by atoms with Crippen LogP contribution in [0.2, 0.25) is 0 Å². The first kappa shape index (κ1) is 14.2. The highest BCUT2D eigenvalue weighted by Crippen LogP contribution is 2.29. The van der Waals surface area contributed by atoms with Crippen LogP contribution in [0.5, 0.6) is 5.75 Å². The van der Waals surface area contributed by atoms with Gasteiger partial charge in [0.2, 0.25) is 0 Å². The highest BCUT2D eigenvalue weighted by molar-refractivity contribution is 6.03. The summed E-state index contributed by atoms with van der Waals surface area (Å²) >= 11 is 0. The quantitative estimate of drug-likeness (QED) is 0.939. The molecule has 0 saturated heterocycles. The van der Waals surface area contributed by atoms with E-state index in [9.17, 15) is 18.0 Å². The first-order valence-electron chi connectivity index (χ1n) is 5.83. The summed E-state index contributed by atoms with van der Waals surface area (Å²) in [6.07, 6.45) is -4.44. The van der Waals surface area contributed by atoms with Gasteiger partial charge in [0.25, 0.3) is 5.91 Å². The SMILES string of the molecule is COc1c(C(=O)NCC(F)(F)F)ccc2ccccc12. The van der Waals surface area contributed by atoms with Crippen molar-refractivity contribution in [2.24, 2.45) is 0 Å². The second-order valence-electron chi connectivity index (χ2n) is 4.17. The first-order chi connectivity index (χ1) is 9.42. The van der Waals surface area contributed by atoms with Gasteiger partial charge in [-0.3, -0.25) is 4.79 Å². The molecular weight excluding hydrogens is 271 g/mol. The van der Waals surface area contributed by atoms with Gasteiger partial charge in [-0.05, 0) is 11.5 Å². The van der Waals surface area contributed by atoms with Crippen LogP contribution in [0.1, 0.15) is 10.4 Å². The van der Waals surface area contributed by atoms with E-state index in [4.69, 9.17) is 4.74 Å². The fraction of sp³-hybridized carbons (Fsp3) is 0.214. The number of nitrogens with one attached hydrogen (secondary N) is 1. The Morgan fingerprint density at radius 1 is 1.20 bits per heavy atom. The molecule has 0 aromatic heterocycles. The average molecular weight is 283 g/mol. The Hall–Kier alpha value is -2.24. The molecule has 2 aromatic carbocycles. The predicted molar refractivity (Wildman–Crippen MR) is 68.9 cm³/mol. The van der Waals surface area contributed by atoms with Crippen LogP contribution in [-0.2, 0) is 0 Å². The van der Waals surface area contributed by atoms with E-state index in [2.05, 4.69) is 0 Å². The number of benzene rings is 2. The Morgan fingerprint density at radius 2 is 1.90 bits per heavy atom. The van der Waals surface area contributed by atoms with Crippen LogP contribution in [-0.4, -0.2) is 25.7 Å². The molecule has 0 heterocycles. The van der Waals surface area contributed by atoms with Gasteiger partial charge in [-0.1, -0.05) is 30.3 Å². The van der Waals surface area contributed by atoms with Crippen molar-refractivity contribution < 1.29 is 22.7 Å². The summed E-state index contributed by atoms with van der Waals surface area (Å²) in [7, 11) is 1.38. The summed E-state index contributed by atoms with van der Waals surface area (Å²) in [4.78, 5) is 11.8. The number of alkyl halides is 3. The third-order valence-corrected chi connectivity index (χ3v) is 2.78. The number of ether oxygens (including phenoxy) is 1. The second-order valence-corrected chi connectivity index (χ2v) is 4.17. The third-order valence-electron chi connectivity index (χ3n) is 2.78. The molecule has 0 aliphatic rings. The van der Waals surface area contributed by atoms with Crippen LogP contribution in [0.15, 0.2) is 36.4 Å². The summed E-state index contributed by atoms with van der Waals surface area (Å²) in [6, 6.07) is 10.3. The minimum atomic E-state index is -4.44. The lowest BCUT2D eigenvalue weighted by atomic mass is 10.0. The number of fused-ring (bicyclic) bond motifs is 1. The lowest BCUT2D eigenvalue weighted by Crippen LogP contribution is -2.33. The summed E-state index contributed by atoms with van der Waals surface area (Å²) in [5.41, 5.74) is 0.0791. The highest BCUT2D eigenvalue weighted by Gasteiger charge is 2.28. The van der Waals surface area contributed by atoms with E-state index >= 15 is 0 Å². The normalized spacial score (nSPS) is 11.4. The molecule has 0 radical (unpaired) electrons. The van der Waals surface area contributed by atoms with E-state index in [1.165, 1.54) is 13.2 Å². The van der Waals surface area contributed by atoms with Gasteiger partial charge in [-0.15, -0.1) is 0 Å². The molecule has 0 bridgehead atoms. The lowest BCUT2D eigenvalue weighted by molar-refractivity contribution is -0.123. The van der Waals surface area contributed by atoms with Gasteiger partial charge in [0, 0.05) is 5.39 Å². The topological polar surface area (TPSA) is 38.3 Å². The Labute approximate surface area is 113 Å². The molecule has 106 valence electrons. The predicted octanol–water partition coefficient (Wildman–Crippen LogP) is 3.14. The largest absolute Gasteiger partial charge is 0.495 e.